The van der Waals surface area contributed by atoms with Crippen LogP contribution < -0.4 is 4.74 Å². The zero-order chi connectivity index (χ0) is 21.0. The molecule has 1 aliphatic heterocycles. The molecule has 1 fully saturated rings. The summed E-state index contributed by atoms with van der Waals surface area (Å²) < 4.78 is 17.4. The third-order valence-electron chi connectivity index (χ3n) is 5.45. The van der Waals surface area contributed by atoms with Gasteiger partial charge in [0.2, 0.25) is 0 Å². The lowest BCUT2D eigenvalue weighted by molar-refractivity contribution is -0.177. The van der Waals surface area contributed by atoms with Crippen molar-refractivity contribution in [2.75, 3.05) is 6.61 Å². The molecule has 0 radical (unpaired) electrons. The molecule has 0 bridgehead atoms. The summed E-state index contributed by atoms with van der Waals surface area (Å²) >= 11 is 6.49. The van der Waals surface area contributed by atoms with Crippen molar-refractivity contribution in [1.82, 2.24) is 0 Å². The van der Waals surface area contributed by atoms with Gasteiger partial charge in [0.25, 0.3) is 0 Å². The zero-order valence-corrected chi connectivity index (χ0v) is 18.2. The third kappa shape index (κ3) is 5.52. The predicted octanol–water partition coefficient (Wildman–Crippen LogP) is 5.75. The van der Waals surface area contributed by atoms with E-state index in [9.17, 15) is 4.79 Å². The number of benzene rings is 2. The first kappa shape index (κ1) is 21.7. The van der Waals surface area contributed by atoms with Crippen molar-refractivity contribution < 1.29 is 19.0 Å². The van der Waals surface area contributed by atoms with E-state index in [1.165, 1.54) is 6.92 Å². The minimum atomic E-state index is -0.293. The van der Waals surface area contributed by atoms with Crippen molar-refractivity contribution in [3.63, 3.8) is 0 Å². The highest BCUT2D eigenvalue weighted by Crippen LogP contribution is 2.38. The zero-order valence-electron chi connectivity index (χ0n) is 17.5. The molecule has 0 saturated carbocycles. The molecule has 0 N–H and O–H groups in total. The maximum atomic E-state index is 11.6. The quantitative estimate of drug-likeness (QED) is 0.562. The third-order valence-corrected chi connectivity index (χ3v) is 5.82. The molecule has 3 rings (SSSR count). The van der Waals surface area contributed by atoms with Crippen molar-refractivity contribution in [3.05, 3.63) is 64.2 Å². The van der Waals surface area contributed by atoms with Crippen LogP contribution in [0.3, 0.4) is 0 Å². The lowest BCUT2D eigenvalue weighted by Crippen LogP contribution is -2.39. The van der Waals surface area contributed by atoms with Crippen LogP contribution in [0.2, 0.25) is 5.02 Å². The maximum absolute atomic E-state index is 11.6. The molecule has 2 aromatic carbocycles. The van der Waals surface area contributed by atoms with Crippen molar-refractivity contribution in [1.29, 1.82) is 0 Å². The number of carbonyl (C=O) groups is 1. The van der Waals surface area contributed by atoms with Crippen LogP contribution in [0.1, 0.15) is 56.9 Å². The van der Waals surface area contributed by atoms with Crippen LogP contribution in [0, 0.1) is 5.92 Å². The molecular weight excluding hydrogens is 388 g/mol. The van der Waals surface area contributed by atoms with Gasteiger partial charge in [-0.05, 0) is 67.5 Å². The fraction of sp³-hybridized carbons (Fsp3) is 0.458. The van der Waals surface area contributed by atoms with Crippen LogP contribution in [0.5, 0.6) is 5.75 Å². The minimum Gasteiger partial charge on any atom is -0.494 e. The second-order valence-corrected chi connectivity index (χ2v) is 8.13. The summed E-state index contributed by atoms with van der Waals surface area (Å²) in [6.07, 6.45) is 0.995. The Kier molecular flexibility index (Phi) is 7.20. The highest BCUT2D eigenvalue weighted by Gasteiger charge is 2.37. The summed E-state index contributed by atoms with van der Waals surface area (Å²) in [6.45, 7) is 8.25. The fourth-order valence-corrected chi connectivity index (χ4v) is 3.93. The van der Waals surface area contributed by atoms with Gasteiger partial charge in [0.15, 0.2) is 0 Å². The second-order valence-electron chi connectivity index (χ2n) is 7.73. The Bertz CT molecular complexity index is 833. The summed E-state index contributed by atoms with van der Waals surface area (Å²) in [7, 11) is 0. The molecule has 4 atom stereocenters. The number of ether oxygens (including phenoxy) is 3. The van der Waals surface area contributed by atoms with Gasteiger partial charge < -0.3 is 14.2 Å². The standard InChI is InChI=1S/C24H29ClO4/c1-5-27-21-9-6-18(7-10-21)13-20-14-19(8-11-22(20)25)24-23(29-17(4)26)12-15(2)16(3)28-24/h6-11,14-16,23-24H,5,12-13H2,1-4H3. The largest absolute Gasteiger partial charge is 0.494 e. The van der Waals surface area contributed by atoms with E-state index >= 15 is 0 Å². The lowest BCUT2D eigenvalue weighted by atomic mass is 9.88. The molecule has 1 saturated heterocycles. The molecule has 5 heteroatoms. The molecule has 0 amide bonds. The lowest BCUT2D eigenvalue weighted by Gasteiger charge is -2.38. The van der Waals surface area contributed by atoms with Gasteiger partial charge >= 0.3 is 5.97 Å². The number of esters is 1. The van der Waals surface area contributed by atoms with Crippen LogP contribution in [0.4, 0.5) is 0 Å². The van der Waals surface area contributed by atoms with Crippen LogP contribution in [0.25, 0.3) is 0 Å². The van der Waals surface area contributed by atoms with E-state index in [4.69, 9.17) is 25.8 Å². The molecule has 29 heavy (non-hydrogen) atoms. The fourth-order valence-electron chi connectivity index (χ4n) is 3.75. The number of rotatable bonds is 6. The molecular formula is C24H29ClO4. The first-order valence-electron chi connectivity index (χ1n) is 10.2. The monoisotopic (exact) mass is 416 g/mol. The Hall–Kier alpha value is -2.04. The van der Waals surface area contributed by atoms with Gasteiger partial charge in [-0.25, -0.2) is 0 Å². The van der Waals surface area contributed by atoms with Gasteiger partial charge in [0, 0.05) is 11.9 Å². The number of carbonyl (C=O) groups excluding carboxylic acids is 1. The molecule has 0 aliphatic carbocycles. The summed E-state index contributed by atoms with van der Waals surface area (Å²) in [5, 5.41) is 0.712. The average Bonchev–Trinajstić information content (AvgIpc) is 2.68. The van der Waals surface area contributed by atoms with Crippen LogP contribution in [-0.4, -0.2) is 24.8 Å². The Morgan fingerprint density at radius 3 is 2.55 bits per heavy atom. The van der Waals surface area contributed by atoms with Crippen LogP contribution in [0.15, 0.2) is 42.5 Å². The number of hydrogen-bond acceptors (Lipinski definition) is 4. The van der Waals surface area contributed by atoms with Gasteiger partial charge in [-0.2, -0.15) is 0 Å². The van der Waals surface area contributed by atoms with E-state index in [0.29, 0.717) is 24.0 Å². The second kappa shape index (κ2) is 9.64. The van der Waals surface area contributed by atoms with Gasteiger partial charge in [0.05, 0.1) is 12.7 Å². The molecule has 1 aliphatic rings. The van der Waals surface area contributed by atoms with Gasteiger partial charge in [-0.15, -0.1) is 0 Å². The van der Waals surface area contributed by atoms with Gasteiger partial charge in [-0.3, -0.25) is 4.79 Å². The van der Waals surface area contributed by atoms with Gasteiger partial charge in [-0.1, -0.05) is 42.8 Å². The topological polar surface area (TPSA) is 44.8 Å². The highest BCUT2D eigenvalue weighted by atomic mass is 35.5. The van der Waals surface area contributed by atoms with Crippen molar-refractivity contribution >= 4 is 17.6 Å². The molecule has 1 heterocycles. The van der Waals surface area contributed by atoms with E-state index in [1.807, 2.05) is 31.2 Å². The number of halogens is 1. The van der Waals surface area contributed by atoms with E-state index in [0.717, 1.165) is 28.9 Å². The van der Waals surface area contributed by atoms with Crippen LogP contribution in [-0.2, 0) is 20.7 Å². The molecule has 0 aromatic heterocycles. The molecule has 0 spiro atoms. The van der Waals surface area contributed by atoms with Crippen LogP contribution >= 0.6 is 11.6 Å². The molecule has 4 nitrogen and oxygen atoms in total. The van der Waals surface area contributed by atoms with E-state index in [1.54, 1.807) is 0 Å². The van der Waals surface area contributed by atoms with Crippen molar-refractivity contribution in [3.8, 4) is 5.75 Å². The Labute approximate surface area is 178 Å². The molecule has 4 unspecified atom stereocenters. The van der Waals surface area contributed by atoms with E-state index in [2.05, 4.69) is 32.0 Å². The summed E-state index contributed by atoms with van der Waals surface area (Å²) in [5.41, 5.74) is 3.15. The molecule has 156 valence electrons. The van der Waals surface area contributed by atoms with Crippen molar-refractivity contribution in [2.45, 2.75) is 58.8 Å². The predicted molar refractivity (Wildman–Crippen MR) is 114 cm³/mol. The maximum Gasteiger partial charge on any atom is 0.303 e. The summed E-state index contributed by atoms with van der Waals surface area (Å²) in [6, 6.07) is 14.0. The van der Waals surface area contributed by atoms with E-state index in [-0.39, 0.29) is 24.3 Å². The van der Waals surface area contributed by atoms with E-state index < -0.39 is 0 Å². The summed E-state index contributed by atoms with van der Waals surface area (Å²) in [5.74, 6) is 0.902. The number of hydrogen-bond donors (Lipinski definition) is 0. The summed E-state index contributed by atoms with van der Waals surface area (Å²) in [4.78, 5) is 11.6. The smallest absolute Gasteiger partial charge is 0.303 e. The Morgan fingerprint density at radius 2 is 1.90 bits per heavy atom. The van der Waals surface area contributed by atoms with Crippen molar-refractivity contribution in [2.24, 2.45) is 5.92 Å². The van der Waals surface area contributed by atoms with Gasteiger partial charge in [0.1, 0.15) is 18.0 Å². The molecule has 2 aromatic rings. The Balaban J connectivity index is 1.83. The highest BCUT2D eigenvalue weighted by molar-refractivity contribution is 6.31. The average molecular weight is 417 g/mol. The first-order chi connectivity index (χ1) is 13.9. The minimum absolute atomic E-state index is 0.0945. The Morgan fingerprint density at radius 1 is 1.17 bits per heavy atom. The normalized spacial score (nSPS) is 24.2. The first-order valence-corrected chi connectivity index (χ1v) is 10.6. The SMILES string of the molecule is CCOc1ccc(Cc2cc(C3OC(C)C(C)CC3OC(C)=O)ccc2Cl)cc1.